The van der Waals surface area contributed by atoms with E-state index in [0.29, 0.717) is 6.42 Å². The SMILES string of the molecule is N#CC[C@H]1CN(C(c2ccccc2)(c2ccccc2)c2ccccc2)CCN1. The molecule has 0 aromatic heterocycles. The first-order valence-corrected chi connectivity index (χ1v) is 9.87. The van der Waals surface area contributed by atoms with Gasteiger partial charge in [-0.05, 0) is 16.7 Å². The highest BCUT2D eigenvalue weighted by Gasteiger charge is 2.43. The van der Waals surface area contributed by atoms with Crippen LogP contribution in [0.25, 0.3) is 0 Å². The number of nitrogens with zero attached hydrogens (tertiary/aromatic N) is 2. The first-order chi connectivity index (χ1) is 13.9. The van der Waals surface area contributed by atoms with E-state index in [0.717, 1.165) is 19.6 Å². The molecule has 3 nitrogen and oxygen atoms in total. The zero-order chi connectivity index (χ0) is 19.2. The zero-order valence-electron chi connectivity index (χ0n) is 16.0. The van der Waals surface area contributed by atoms with Gasteiger partial charge in [-0.2, -0.15) is 5.26 Å². The molecule has 0 spiro atoms. The number of nitriles is 1. The van der Waals surface area contributed by atoms with Crippen molar-refractivity contribution in [1.29, 1.82) is 5.26 Å². The third-order valence-electron chi connectivity index (χ3n) is 5.64. The molecule has 0 aliphatic carbocycles. The van der Waals surface area contributed by atoms with Gasteiger partial charge in [0, 0.05) is 25.7 Å². The molecule has 1 aliphatic heterocycles. The Morgan fingerprint density at radius 3 is 1.71 bits per heavy atom. The predicted molar refractivity (Wildman–Crippen MR) is 113 cm³/mol. The summed E-state index contributed by atoms with van der Waals surface area (Å²) in [6.45, 7) is 2.62. The lowest BCUT2D eigenvalue weighted by molar-refractivity contribution is 0.112. The van der Waals surface area contributed by atoms with Crippen LogP contribution in [0.15, 0.2) is 91.0 Å². The fourth-order valence-electron chi connectivity index (χ4n) is 4.46. The Kier molecular flexibility index (Phi) is 5.53. The quantitative estimate of drug-likeness (QED) is 0.688. The molecule has 0 bridgehead atoms. The van der Waals surface area contributed by atoms with Crippen LogP contribution in [-0.2, 0) is 5.54 Å². The summed E-state index contributed by atoms with van der Waals surface area (Å²) in [5.74, 6) is 0. The van der Waals surface area contributed by atoms with Crippen LogP contribution in [-0.4, -0.2) is 30.6 Å². The lowest BCUT2D eigenvalue weighted by Crippen LogP contribution is -2.59. The molecule has 3 aromatic rings. The van der Waals surface area contributed by atoms with E-state index in [1.807, 2.05) is 0 Å². The van der Waals surface area contributed by atoms with Crippen molar-refractivity contribution >= 4 is 0 Å². The van der Waals surface area contributed by atoms with E-state index in [9.17, 15) is 5.26 Å². The third kappa shape index (κ3) is 3.33. The molecule has 1 fully saturated rings. The van der Waals surface area contributed by atoms with Crippen LogP contribution < -0.4 is 5.32 Å². The smallest absolute Gasteiger partial charge is 0.0973 e. The molecule has 3 heteroatoms. The maximum atomic E-state index is 9.25. The molecule has 0 radical (unpaired) electrons. The summed E-state index contributed by atoms with van der Waals surface area (Å²) >= 11 is 0. The van der Waals surface area contributed by atoms with E-state index in [2.05, 4.69) is 107 Å². The van der Waals surface area contributed by atoms with Crippen LogP contribution in [0.3, 0.4) is 0 Å². The lowest BCUT2D eigenvalue weighted by atomic mass is 9.75. The molecule has 0 unspecified atom stereocenters. The van der Waals surface area contributed by atoms with Crippen molar-refractivity contribution in [2.45, 2.75) is 18.0 Å². The van der Waals surface area contributed by atoms with Gasteiger partial charge in [0.05, 0.1) is 18.0 Å². The van der Waals surface area contributed by atoms with Gasteiger partial charge in [0.1, 0.15) is 0 Å². The summed E-state index contributed by atoms with van der Waals surface area (Å²) in [7, 11) is 0. The molecule has 1 aliphatic rings. The van der Waals surface area contributed by atoms with E-state index in [4.69, 9.17) is 0 Å². The average molecular weight is 367 g/mol. The van der Waals surface area contributed by atoms with Crippen molar-refractivity contribution in [1.82, 2.24) is 10.2 Å². The summed E-state index contributed by atoms with van der Waals surface area (Å²) in [5, 5.41) is 12.8. The van der Waals surface area contributed by atoms with Gasteiger partial charge in [0.2, 0.25) is 0 Å². The minimum atomic E-state index is -0.389. The van der Waals surface area contributed by atoms with Crippen molar-refractivity contribution in [2.24, 2.45) is 0 Å². The highest BCUT2D eigenvalue weighted by atomic mass is 15.3. The monoisotopic (exact) mass is 367 g/mol. The van der Waals surface area contributed by atoms with Crippen LogP contribution in [0.5, 0.6) is 0 Å². The second kappa shape index (κ2) is 8.39. The van der Waals surface area contributed by atoms with Crippen LogP contribution in [0.1, 0.15) is 23.1 Å². The molecule has 28 heavy (non-hydrogen) atoms. The van der Waals surface area contributed by atoms with Gasteiger partial charge in [-0.25, -0.2) is 0 Å². The van der Waals surface area contributed by atoms with Crippen LogP contribution in [0.4, 0.5) is 0 Å². The first-order valence-electron chi connectivity index (χ1n) is 9.87. The van der Waals surface area contributed by atoms with Gasteiger partial charge < -0.3 is 5.32 Å². The fourth-order valence-corrected chi connectivity index (χ4v) is 4.46. The van der Waals surface area contributed by atoms with Gasteiger partial charge >= 0.3 is 0 Å². The number of benzene rings is 3. The van der Waals surface area contributed by atoms with E-state index >= 15 is 0 Å². The molecule has 0 saturated carbocycles. The Labute approximate surface area is 167 Å². The second-order valence-electron chi connectivity index (χ2n) is 7.27. The van der Waals surface area contributed by atoms with Crippen molar-refractivity contribution in [3.63, 3.8) is 0 Å². The Hall–Kier alpha value is -2.93. The Morgan fingerprint density at radius 1 is 0.821 bits per heavy atom. The van der Waals surface area contributed by atoms with Crippen molar-refractivity contribution < 1.29 is 0 Å². The first kappa shape index (κ1) is 18.4. The van der Waals surface area contributed by atoms with Crippen LogP contribution in [0.2, 0.25) is 0 Å². The fraction of sp³-hybridized carbons (Fsp3) is 0.240. The summed E-state index contributed by atoms with van der Waals surface area (Å²) in [6, 6.07) is 34.8. The summed E-state index contributed by atoms with van der Waals surface area (Å²) in [5.41, 5.74) is 3.37. The average Bonchev–Trinajstić information content (AvgIpc) is 2.77. The highest BCUT2D eigenvalue weighted by Crippen LogP contribution is 2.42. The second-order valence-corrected chi connectivity index (χ2v) is 7.27. The van der Waals surface area contributed by atoms with Gasteiger partial charge in [-0.1, -0.05) is 91.0 Å². The van der Waals surface area contributed by atoms with E-state index in [-0.39, 0.29) is 11.6 Å². The standard InChI is InChI=1S/C25H25N3/c26-17-16-24-20-28(19-18-27-24)25(21-10-4-1-5-11-21,22-12-6-2-7-13-22)23-14-8-3-9-15-23/h1-15,24,27H,16,18-20H2/t24-/m0/s1. The molecule has 1 atom stereocenters. The van der Waals surface area contributed by atoms with Gasteiger partial charge in [-0.15, -0.1) is 0 Å². The zero-order valence-corrected chi connectivity index (χ0v) is 16.0. The van der Waals surface area contributed by atoms with E-state index < -0.39 is 0 Å². The van der Waals surface area contributed by atoms with Crippen molar-refractivity contribution in [2.75, 3.05) is 19.6 Å². The highest BCUT2D eigenvalue weighted by molar-refractivity contribution is 5.49. The maximum Gasteiger partial charge on any atom is 0.0973 e. The van der Waals surface area contributed by atoms with E-state index in [1.165, 1.54) is 16.7 Å². The predicted octanol–water partition coefficient (Wildman–Crippen LogP) is 4.17. The summed E-state index contributed by atoms with van der Waals surface area (Å²) in [6.07, 6.45) is 0.519. The molecule has 1 heterocycles. The summed E-state index contributed by atoms with van der Waals surface area (Å²) < 4.78 is 0. The molecule has 140 valence electrons. The molecule has 1 saturated heterocycles. The summed E-state index contributed by atoms with van der Waals surface area (Å²) in [4.78, 5) is 2.55. The van der Waals surface area contributed by atoms with E-state index in [1.54, 1.807) is 0 Å². The van der Waals surface area contributed by atoms with Crippen molar-refractivity contribution in [3.8, 4) is 6.07 Å². The largest absolute Gasteiger partial charge is 0.310 e. The number of piperazine rings is 1. The number of rotatable bonds is 5. The minimum Gasteiger partial charge on any atom is -0.310 e. The van der Waals surface area contributed by atoms with Crippen molar-refractivity contribution in [3.05, 3.63) is 108 Å². The molecule has 0 amide bonds. The number of hydrogen-bond donors (Lipinski definition) is 1. The molecular formula is C25H25N3. The number of hydrogen-bond acceptors (Lipinski definition) is 3. The Bertz CT molecular complexity index is 820. The normalized spacial score (nSPS) is 17.8. The Morgan fingerprint density at radius 2 is 1.29 bits per heavy atom. The number of nitrogens with one attached hydrogen (secondary N) is 1. The van der Waals surface area contributed by atoms with Crippen LogP contribution >= 0.6 is 0 Å². The van der Waals surface area contributed by atoms with Gasteiger partial charge in [0.15, 0.2) is 0 Å². The maximum absolute atomic E-state index is 9.25. The van der Waals surface area contributed by atoms with Gasteiger partial charge in [0.25, 0.3) is 0 Å². The molecule has 4 rings (SSSR count). The topological polar surface area (TPSA) is 39.1 Å². The third-order valence-corrected chi connectivity index (χ3v) is 5.64. The van der Waals surface area contributed by atoms with Gasteiger partial charge in [-0.3, -0.25) is 4.90 Å². The van der Waals surface area contributed by atoms with Crippen LogP contribution in [0, 0.1) is 11.3 Å². The Balaban J connectivity index is 1.95. The molecular weight excluding hydrogens is 342 g/mol. The molecule has 1 N–H and O–H groups in total. The molecule has 3 aromatic carbocycles. The minimum absolute atomic E-state index is 0.175. The lowest BCUT2D eigenvalue weighted by Gasteiger charge is -2.49.